The van der Waals surface area contributed by atoms with Gasteiger partial charge in [0.05, 0.1) is 6.26 Å². The lowest BCUT2D eigenvalue weighted by atomic mass is 10.1. The minimum atomic E-state index is 0.745. The maximum absolute atomic E-state index is 5.54. The lowest BCUT2D eigenvalue weighted by Gasteiger charge is -1.95. The molecule has 0 atom stereocenters. The minimum Gasteiger partial charge on any atom is -0.464 e. The van der Waals surface area contributed by atoms with Crippen molar-refractivity contribution in [3.63, 3.8) is 0 Å². The highest BCUT2D eigenvalue weighted by molar-refractivity contribution is 5.59. The molecular weight excluding hydrogens is 150 g/mol. The summed E-state index contributed by atoms with van der Waals surface area (Å²) in [6.45, 7) is 0. The molecule has 1 radical (unpaired) electrons. The van der Waals surface area contributed by atoms with Crippen LogP contribution in [0.1, 0.15) is 0 Å². The van der Waals surface area contributed by atoms with Crippen LogP contribution in [0, 0.1) is 6.07 Å². The Morgan fingerprint density at radius 3 is 2.50 bits per heavy atom. The summed E-state index contributed by atoms with van der Waals surface area (Å²) < 4.78 is 5.16. The van der Waals surface area contributed by atoms with Crippen molar-refractivity contribution in [2.45, 2.75) is 0 Å². The van der Waals surface area contributed by atoms with Gasteiger partial charge in [0.2, 0.25) is 0 Å². The van der Waals surface area contributed by atoms with E-state index in [4.69, 9.17) is 10.2 Å². The lowest BCUT2D eigenvalue weighted by Crippen LogP contribution is -1.82. The molecule has 2 nitrogen and oxygen atoms in total. The van der Waals surface area contributed by atoms with E-state index in [2.05, 4.69) is 6.07 Å². The molecule has 2 heteroatoms. The number of benzene rings is 1. The molecule has 2 N–H and O–H groups in total. The Morgan fingerprint density at radius 2 is 1.92 bits per heavy atom. The monoisotopic (exact) mass is 158 g/mol. The van der Waals surface area contributed by atoms with Gasteiger partial charge in [-0.05, 0) is 30.3 Å². The van der Waals surface area contributed by atoms with Gasteiger partial charge in [0.1, 0.15) is 5.76 Å². The predicted octanol–water partition coefficient (Wildman–Crippen LogP) is 2.33. The summed E-state index contributed by atoms with van der Waals surface area (Å²) in [6.07, 6.45) is 1.60. The summed E-state index contributed by atoms with van der Waals surface area (Å²) in [6, 6.07) is 12.2. The molecule has 0 saturated heterocycles. The highest BCUT2D eigenvalue weighted by Gasteiger charge is 1.98. The first-order chi connectivity index (χ1) is 5.86. The second-order valence-corrected chi connectivity index (χ2v) is 2.52. The summed E-state index contributed by atoms with van der Waals surface area (Å²) in [5.74, 6) is 0.745. The largest absolute Gasteiger partial charge is 0.464 e. The van der Waals surface area contributed by atoms with Crippen molar-refractivity contribution in [2.75, 3.05) is 5.73 Å². The van der Waals surface area contributed by atoms with E-state index < -0.39 is 0 Å². The molecule has 1 aromatic carbocycles. The molecule has 0 spiro atoms. The fourth-order valence-electron chi connectivity index (χ4n) is 1.03. The van der Waals surface area contributed by atoms with Crippen LogP contribution in [0.4, 0.5) is 5.69 Å². The molecule has 0 bridgehead atoms. The fourth-order valence-corrected chi connectivity index (χ4v) is 1.03. The Labute approximate surface area is 70.6 Å². The van der Waals surface area contributed by atoms with Gasteiger partial charge in [0.15, 0.2) is 0 Å². The Morgan fingerprint density at radius 1 is 1.17 bits per heavy atom. The average molecular weight is 158 g/mol. The average Bonchev–Trinajstić information content (AvgIpc) is 2.58. The van der Waals surface area contributed by atoms with Gasteiger partial charge in [-0.15, -0.1) is 0 Å². The summed E-state index contributed by atoms with van der Waals surface area (Å²) in [5, 5.41) is 0. The molecule has 0 fully saturated rings. The molecule has 0 aliphatic heterocycles. The van der Waals surface area contributed by atoms with Crippen molar-refractivity contribution in [3.8, 4) is 11.3 Å². The molecular formula is C10H8NO. The van der Waals surface area contributed by atoms with Crippen LogP contribution < -0.4 is 5.73 Å². The zero-order valence-corrected chi connectivity index (χ0v) is 6.45. The molecule has 2 rings (SSSR count). The highest BCUT2D eigenvalue weighted by Crippen LogP contribution is 2.19. The number of furan rings is 1. The number of nitrogens with two attached hydrogens (primary N) is 1. The SMILES string of the molecule is Nc1ccc(-c2[c]cco2)cc1. The quantitative estimate of drug-likeness (QED) is 0.647. The van der Waals surface area contributed by atoms with E-state index >= 15 is 0 Å². The first-order valence-electron chi connectivity index (χ1n) is 3.67. The molecule has 0 saturated carbocycles. The Kier molecular flexibility index (Phi) is 1.59. The molecule has 1 aromatic heterocycles. The van der Waals surface area contributed by atoms with Gasteiger partial charge in [-0.2, -0.15) is 0 Å². The van der Waals surface area contributed by atoms with Crippen LogP contribution in [0.2, 0.25) is 0 Å². The Balaban J connectivity index is 2.43. The van der Waals surface area contributed by atoms with E-state index in [1.807, 2.05) is 24.3 Å². The standard InChI is InChI=1S/C10H8NO/c11-9-5-3-8(4-6-9)10-2-1-7-12-10/h1,3-7H,11H2. The maximum atomic E-state index is 5.54. The van der Waals surface area contributed by atoms with E-state index in [-0.39, 0.29) is 0 Å². The van der Waals surface area contributed by atoms with E-state index in [1.54, 1.807) is 12.3 Å². The summed E-state index contributed by atoms with van der Waals surface area (Å²) in [4.78, 5) is 0. The fraction of sp³-hybridized carbons (Fsp3) is 0. The van der Waals surface area contributed by atoms with Crippen LogP contribution in [0.3, 0.4) is 0 Å². The van der Waals surface area contributed by atoms with Crippen molar-refractivity contribution in [1.29, 1.82) is 0 Å². The van der Waals surface area contributed by atoms with Gasteiger partial charge in [-0.25, -0.2) is 0 Å². The predicted molar refractivity (Wildman–Crippen MR) is 47.4 cm³/mol. The van der Waals surface area contributed by atoms with Gasteiger partial charge in [0.25, 0.3) is 0 Å². The van der Waals surface area contributed by atoms with Gasteiger partial charge in [0, 0.05) is 17.3 Å². The van der Waals surface area contributed by atoms with Crippen LogP contribution in [-0.2, 0) is 0 Å². The minimum absolute atomic E-state index is 0.745. The van der Waals surface area contributed by atoms with Crippen molar-refractivity contribution in [3.05, 3.63) is 42.7 Å². The van der Waals surface area contributed by atoms with Crippen LogP contribution in [0.25, 0.3) is 11.3 Å². The van der Waals surface area contributed by atoms with Gasteiger partial charge in [-0.1, -0.05) is 0 Å². The first-order valence-corrected chi connectivity index (χ1v) is 3.67. The summed E-state index contributed by atoms with van der Waals surface area (Å²) in [5.41, 5.74) is 7.29. The topological polar surface area (TPSA) is 39.2 Å². The van der Waals surface area contributed by atoms with Crippen molar-refractivity contribution in [2.24, 2.45) is 0 Å². The third-order valence-electron chi connectivity index (χ3n) is 1.64. The van der Waals surface area contributed by atoms with Crippen molar-refractivity contribution < 1.29 is 4.42 Å². The maximum Gasteiger partial charge on any atom is 0.141 e. The molecule has 12 heavy (non-hydrogen) atoms. The second-order valence-electron chi connectivity index (χ2n) is 2.52. The molecule has 0 unspecified atom stereocenters. The summed E-state index contributed by atoms with van der Waals surface area (Å²) in [7, 11) is 0. The van der Waals surface area contributed by atoms with Crippen LogP contribution in [0.15, 0.2) is 41.0 Å². The normalized spacial score (nSPS) is 10.0. The van der Waals surface area contributed by atoms with Crippen LogP contribution >= 0.6 is 0 Å². The van der Waals surface area contributed by atoms with Crippen LogP contribution in [0.5, 0.6) is 0 Å². The Bertz CT molecular complexity index is 348. The number of hydrogen-bond acceptors (Lipinski definition) is 2. The number of rotatable bonds is 1. The Hall–Kier alpha value is -1.70. The van der Waals surface area contributed by atoms with E-state index in [1.165, 1.54) is 0 Å². The molecule has 0 aliphatic rings. The highest BCUT2D eigenvalue weighted by atomic mass is 16.3. The van der Waals surface area contributed by atoms with Crippen molar-refractivity contribution in [1.82, 2.24) is 0 Å². The molecule has 59 valence electrons. The number of nitrogen functional groups attached to an aromatic ring is 1. The van der Waals surface area contributed by atoms with Gasteiger partial charge < -0.3 is 10.2 Å². The number of hydrogen-bond donors (Lipinski definition) is 1. The zero-order chi connectivity index (χ0) is 8.39. The van der Waals surface area contributed by atoms with Gasteiger partial charge in [-0.3, -0.25) is 0 Å². The van der Waals surface area contributed by atoms with Crippen molar-refractivity contribution >= 4 is 5.69 Å². The molecule has 1 heterocycles. The number of anilines is 1. The first kappa shape index (κ1) is 6.98. The van der Waals surface area contributed by atoms with Gasteiger partial charge >= 0.3 is 0 Å². The molecule has 0 amide bonds. The molecule has 2 aromatic rings. The summed E-state index contributed by atoms with van der Waals surface area (Å²) >= 11 is 0. The van der Waals surface area contributed by atoms with E-state index in [0.29, 0.717) is 0 Å². The van der Waals surface area contributed by atoms with Crippen LogP contribution in [-0.4, -0.2) is 0 Å². The zero-order valence-electron chi connectivity index (χ0n) is 6.45. The smallest absolute Gasteiger partial charge is 0.141 e. The second kappa shape index (κ2) is 2.74. The van der Waals surface area contributed by atoms with E-state index in [9.17, 15) is 0 Å². The van der Waals surface area contributed by atoms with E-state index in [0.717, 1.165) is 17.0 Å². The third-order valence-corrected chi connectivity index (χ3v) is 1.64. The third kappa shape index (κ3) is 1.19. The molecule has 0 aliphatic carbocycles. The lowest BCUT2D eigenvalue weighted by molar-refractivity contribution is 0.582.